The topological polar surface area (TPSA) is 53.1 Å². The minimum absolute atomic E-state index is 0.554. The summed E-state index contributed by atoms with van der Waals surface area (Å²) in [5.74, 6) is 1.25. The number of para-hydroxylation sites is 1. The van der Waals surface area contributed by atoms with Crippen LogP contribution in [0.1, 0.15) is 18.5 Å². The Morgan fingerprint density at radius 2 is 1.67 bits per heavy atom. The molecule has 1 aliphatic heterocycles. The third-order valence-electron chi connectivity index (χ3n) is 4.59. The number of hydrogen-bond acceptors (Lipinski definition) is 5. The van der Waals surface area contributed by atoms with Crippen LogP contribution in [0.2, 0.25) is 5.02 Å². The smallest absolute Gasteiger partial charge is 0.229 e. The highest BCUT2D eigenvalue weighted by atomic mass is 35.5. The van der Waals surface area contributed by atoms with Crippen molar-refractivity contribution in [1.82, 2.24) is 9.97 Å². The highest BCUT2D eigenvalue weighted by Crippen LogP contribution is 2.26. The molecule has 0 unspecified atom stereocenters. The Hall–Kier alpha value is -2.79. The minimum atomic E-state index is 0.554. The molecule has 0 amide bonds. The lowest BCUT2D eigenvalue weighted by Crippen LogP contribution is -2.17. The average Bonchev–Trinajstić information content (AvgIpc) is 3.19. The maximum absolute atomic E-state index is 6.23. The molecule has 0 atom stereocenters. The molecule has 27 heavy (non-hydrogen) atoms. The van der Waals surface area contributed by atoms with Crippen molar-refractivity contribution < 1.29 is 0 Å². The van der Waals surface area contributed by atoms with Gasteiger partial charge in [-0.05, 0) is 56.2 Å². The molecule has 0 radical (unpaired) electrons. The van der Waals surface area contributed by atoms with E-state index in [0.29, 0.717) is 16.8 Å². The lowest BCUT2D eigenvalue weighted by Gasteiger charge is -2.18. The number of rotatable bonds is 5. The third-order valence-corrected chi connectivity index (χ3v) is 4.92. The van der Waals surface area contributed by atoms with Crippen molar-refractivity contribution in [2.75, 3.05) is 28.6 Å². The van der Waals surface area contributed by atoms with Crippen LogP contribution >= 0.6 is 11.6 Å². The Kier molecular flexibility index (Phi) is 5.12. The molecular weight excluding hydrogens is 358 g/mol. The van der Waals surface area contributed by atoms with Crippen LogP contribution in [0.4, 0.5) is 28.8 Å². The molecule has 1 aromatic heterocycles. The first-order chi connectivity index (χ1) is 13.2. The Morgan fingerprint density at radius 1 is 0.926 bits per heavy atom. The molecule has 1 fully saturated rings. The number of nitrogens with zero attached hydrogens (tertiary/aromatic N) is 3. The van der Waals surface area contributed by atoms with Crippen LogP contribution in [0.3, 0.4) is 0 Å². The summed E-state index contributed by atoms with van der Waals surface area (Å²) in [7, 11) is 0. The molecule has 4 rings (SSSR count). The second-order valence-electron chi connectivity index (χ2n) is 6.69. The van der Waals surface area contributed by atoms with Crippen LogP contribution in [0.25, 0.3) is 0 Å². The number of aryl methyl sites for hydroxylation is 1. The zero-order valence-corrected chi connectivity index (χ0v) is 16.0. The summed E-state index contributed by atoms with van der Waals surface area (Å²) < 4.78 is 0. The van der Waals surface area contributed by atoms with Gasteiger partial charge in [-0.2, -0.15) is 4.98 Å². The highest BCUT2D eigenvalue weighted by molar-refractivity contribution is 6.33. The van der Waals surface area contributed by atoms with Crippen LogP contribution in [0, 0.1) is 6.92 Å². The van der Waals surface area contributed by atoms with E-state index in [2.05, 4.69) is 49.8 Å². The van der Waals surface area contributed by atoms with Crippen molar-refractivity contribution in [3.63, 3.8) is 0 Å². The standard InChI is InChI=1S/C21H22ClN5/c1-15-14-20(25-19-7-3-2-6-18(19)22)26-21(23-15)24-16-8-10-17(11-9-16)27-12-4-5-13-27/h2-3,6-11,14H,4-5,12-13H2,1H3,(H2,23,24,25,26). The van der Waals surface area contributed by atoms with E-state index < -0.39 is 0 Å². The van der Waals surface area contributed by atoms with E-state index in [9.17, 15) is 0 Å². The van der Waals surface area contributed by atoms with Crippen LogP contribution in [0.15, 0.2) is 54.6 Å². The molecule has 1 aliphatic rings. The van der Waals surface area contributed by atoms with Gasteiger partial charge in [-0.1, -0.05) is 23.7 Å². The summed E-state index contributed by atoms with van der Waals surface area (Å²) >= 11 is 6.23. The summed E-state index contributed by atoms with van der Waals surface area (Å²) in [6.45, 7) is 4.23. The van der Waals surface area contributed by atoms with Gasteiger partial charge in [0.15, 0.2) is 0 Å². The van der Waals surface area contributed by atoms with Crippen molar-refractivity contribution in [3.05, 3.63) is 65.3 Å². The number of aromatic nitrogens is 2. The van der Waals surface area contributed by atoms with Crippen LogP contribution in [-0.4, -0.2) is 23.1 Å². The molecule has 2 heterocycles. The highest BCUT2D eigenvalue weighted by Gasteiger charge is 2.12. The summed E-state index contributed by atoms with van der Waals surface area (Å²) in [4.78, 5) is 11.5. The molecule has 0 aliphatic carbocycles. The summed E-state index contributed by atoms with van der Waals surface area (Å²) in [6, 6.07) is 17.9. The summed E-state index contributed by atoms with van der Waals surface area (Å²) in [5, 5.41) is 7.20. The van der Waals surface area contributed by atoms with Gasteiger partial charge in [0.05, 0.1) is 10.7 Å². The molecule has 6 heteroatoms. The third kappa shape index (κ3) is 4.31. The Morgan fingerprint density at radius 3 is 2.41 bits per heavy atom. The van der Waals surface area contributed by atoms with E-state index in [-0.39, 0.29) is 0 Å². The predicted molar refractivity (Wildman–Crippen MR) is 113 cm³/mol. The lowest BCUT2D eigenvalue weighted by molar-refractivity contribution is 0.949. The van der Waals surface area contributed by atoms with Crippen molar-refractivity contribution in [2.45, 2.75) is 19.8 Å². The van der Waals surface area contributed by atoms with Gasteiger partial charge in [0.25, 0.3) is 0 Å². The van der Waals surface area contributed by atoms with Crippen molar-refractivity contribution in [1.29, 1.82) is 0 Å². The largest absolute Gasteiger partial charge is 0.372 e. The molecule has 2 aromatic carbocycles. The second-order valence-corrected chi connectivity index (χ2v) is 7.10. The van der Waals surface area contributed by atoms with Crippen molar-refractivity contribution >= 4 is 40.4 Å². The lowest BCUT2D eigenvalue weighted by atomic mass is 10.2. The SMILES string of the molecule is Cc1cc(Nc2ccccc2Cl)nc(Nc2ccc(N3CCCC3)cc2)n1. The van der Waals surface area contributed by atoms with Gasteiger partial charge in [-0.3, -0.25) is 0 Å². The van der Waals surface area contributed by atoms with E-state index in [1.807, 2.05) is 37.3 Å². The second kappa shape index (κ2) is 7.84. The number of benzene rings is 2. The summed E-state index contributed by atoms with van der Waals surface area (Å²) in [5.41, 5.74) is 3.92. The fraction of sp³-hybridized carbons (Fsp3) is 0.238. The molecule has 1 saturated heterocycles. The Bertz CT molecular complexity index is 920. The van der Waals surface area contributed by atoms with E-state index in [0.717, 1.165) is 30.2 Å². The molecule has 0 saturated carbocycles. The number of nitrogens with one attached hydrogen (secondary N) is 2. The number of halogens is 1. The Balaban J connectivity index is 1.50. The van der Waals surface area contributed by atoms with Gasteiger partial charge in [0.2, 0.25) is 5.95 Å². The molecule has 138 valence electrons. The first-order valence-corrected chi connectivity index (χ1v) is 9.54. The van der Waals surface area contributed by atoms with Gasteiger partial charge >= 0.3 is 0 Å². The fourth-order valence-corrected chi connectivity index (χ4v) is 3.43. The molecule has 3 aromatic rings. The minimum Gasteiger partial charge on any atom is -0.372 e. The van der Waals surface area contributed by atoms with Crippen molar-refractivity contribution in [2.24, 2.45) is 0 Å². The first-order valence-electron chi connectivity index (χ1n) is 9.17. The van der Waals surface area contributed by atoms with E-state index in [1.165, 1.54) is 18.5 Å². The van der Waals surface area contributed by atoms with Gasteiger partial charge in [0.1, 0.15) is 5.82 Å². The maximum atomic E-state index is 6.23. The molecule has 0 bridgehead atoms. The average molecular weight is 380 g/mol. The Labute approximate surface area is 164 Å². The van der Waals surface area contributed by atoms with Gasteiger partial charge in [0, 0.05) is 36.2 Å². The predicted octanol–water partition coefficient (Wildman–Crippen LogP) is 5.53. The number of anilines is 5. The molecule has 0 spiro atoms. The van der Waals surface area contributed by atoms with Crippen LogP contribution < -0.4 is 15.5 Å². The van der Waals surface area contributed by atoms with E-state index in [4.69, 9.17) is 11.6 Å². The summed E-state index contributed by atoms with van der Waals surface area (Å²) in [6.07, 6.45) is 2.55. The molecular formula is C21H22ClN5. The van der Waals surface area contributed by atoms with Gasteiger partial charge < -0.3 is 15.5 Å². The zero-order chi connectivity index (χ0) is 18.6. The molecule has 5 nitrogen and oxygen atoms in total. The first kappa shape index (κ1) is 17.6. The normalized spacial score (nSPS) is 13.6. The number of hydrogen-bond donors (Lipinski definition) is 2. The monoisotopic (exact) mass is 379 g/mol. The van der Waals surface area contributed by atoms with E-state index >= 15 is 0 Å². The van der Waals surface area contributed by atoms with Crippen molar-refractivity contribution in [3.8, 4) is 0 Å². The van der Waals surface area contributed by atoms with Crippen LogP contribution in [-0.2, 0) is 0 Å². The quantitative estimate of drug-likeness (QED) is 0.610. The maximum Gasteiger partial charge on any atom is 0.229 e. The van der Waals surface area contributed by atoms with Crippen LogP contribution in [0.5, 0.6) is 0 Å². The molecule has 2 N–H and O–H groups in total. The van der Waals surface area contributed by atoms with Gasteiger partial charge in [-0.15, -0.1) is 0 Å². The fourth-order valence-electron chi connectivity index (χ4n) is 3.25. The zero-order valence-electron chi connectivity index (χ0n) is 15.2. The van der Waals surface area contributed by atoms with E-state index in [1.54, 1.807) is 0 Å². The van der Waals surface area contributed by atoms with Gasteiger partial charge in [-0.25, -0.2) is 4.98 Å².